The highest BCUT2D eigenvalue weighted by molar-refractivity contribution is 6.46. The summed E-state index contributed by atoms with van der Waals surface area (Å²) in [6.45, 7) is 9.60. The summed E-state index contributed by atoms with van der Waals surface area (Å²) in [5.74, 6) is -0.390. The van der Waals surface area contributed by atoms with Crippen LogP contribution in [0, 0.1) is 6.92 Å². The van der Waals surface area contributed by atoms with Gasteiger partial charge in [0.15, 0.2) is 0 Å². The van der Waals surface area contributed by atoms with Crippen molar-refractivity contribution in [3.05, 3.63) is 64.7 Å². The Morgan fingerprint density at radius 1 is 0.921 bits per heavy atom. The van der Waals surface area contributed by atoms with Crippen molar-refractivity contribution >= 4 is 17.4 Å². The van der Waals surface area contributed by atoms with Gasteiger partial charge < -0.3 is 24.4 Å². The van der Waals surface area contributed by atoms with E-state index in [9.17, 15) is 14.7 Å². The second kappa shape index (κ2) is 14.0. The van der Waals surface area contributed by atoms with Gasteiger partial charge in [-0.05, 0) is 64.0 Å². The van der Waals surface area contributed by atoms with E-state index in [4.69, 9.17) is 9.47 Å². The third kappa shape index (κ3) is 6.76. The molecule has 1 N–H and O–H groups in total. The van der Waals surface area contributed by atoms with Crippen LogP contribution in [0.25, 0.3) is 5.76 Å². The van der Waals surface area contributed by atoms with Crippen molar-refractivity contribution in [2.75, 3.05) is 40.4 Å². The highest BCUT2D eigenvalue weighted by Crippen LogP contribution is 2.44. The van der Waals surface area contributed by atoms with Gasteiger partial charge in [-0.15, -0.1) is 0 Å². The highest BCUT2D eigenvalue weighted by atomic mass is 16.5. The number of rotatable bonds is 14. The molecule has 0 spiro atoms. The minimum absolute atomic E-state index is 0.0687. The fraction of sp³-hybridized carbons (Fsp3) is 0.484. The van der Waals surface area contributed by atoms with Crippen LogP contribution in [0.3, 0.4) is 0 Å². The molecule has 7 heteroatoms. The molecule has 1 heterocycles. The van der Waals surface area contributed by atoms with Gasteiger partial charge in [0, 0.05) is 17.7 Å². The van der Waals surface area contributed by atoms with Crippen LogP contribution < -0.4 is 9.47 Å². The number of methoxy groups -OCH3 is 2. The van der Waals surface area contributed by atoms with Crippen molar-refractivity contribution in [3.8, 4) is 11.5 Å². The molecule has 38 heavy (non-hydrogen) atoms. The zero-order chi connectivity index (χ0) is 27.7. The first-order valence-corrected chi connectivity index (χ1v) is 13.7. The van der Waals surface area contributed by atoms with Gasteiger partial charge in [0.05, 0.1) is 25.8 Å². The number of nitrogens with zero attached hydrogens (tertiary/aromatic N) is 2. The summed E-state index contributed by atoms with van der Waals surface area (Å²) >= 11 is 0. The number of hydrogen-bond acceptors (Lipinski definition) is 6. The Morgan fingerprint density at radius 2 is 1.55 bits per heavy atom. The summed E-state index contributed by atoms with van der Waals surface area (Å²) in [5, 5.41) is 11.3. The average molecular weight is 523 g/mol. The van der Waals surface area contributed by atoms with Crippen molar-refractivity contribution in [1.29, 1.82) is 0 Å². The van der Waals surface area contributed by atoms with Crippen LogP contribution in [-0.2, 0) is 9.59 Å². The fourth-order valence-corrected chi connectivity index (χ4v) is 4.92. The smallest absolute Gasteiger partial charge is 0.295 e. The van der Waals surface area contributed by atoms with E-state index in [0.29, 0.717) is 35.6 Å². The van der Waals surface area contributed by atoms with Crippen LogP contribution in [0.15, 0.2) is 48.0 Å². The van der Waals surface area contributed by atoms with Crippen molar-refractivity contribution in [3.63, 3.8) is 0 Å². The first kappa shape index (κ1) is 29.2. The van der Waals surface area contributed by atoms with Gasteiger partial charge in [-0.25, -0.2) is 0 Å². The molecule has 1 unspecified atom stereocenters. The van der Waals surface area contributed by atoms with Crippen LogP contribution in [-0.4, -0.2) is 67.0 Å². The number of unbranched alkanes of at least 4 members (excludes halogenated alkanes) is 2. The standard InChI is InChI=1S/C31H42N2O5/c1-6-8-17-32(18-9-7-2)19-10-20-33-28(25-21-24(37-4)15-16-26(25)38-5)27(30(35)31(33)36)29(34)23-13-11-22(3)12-14-23/h11-16,21,28,34H,6-10,17-20H2,1-5H3. The molecule has 2 aromatic rings. The van der Waals surface area contributed by atoms with Gasteiger partial charge in [-0.1, -0.05) is 56.5 Å². The molecule has 0 aliphatic carbocycles. The molecular formula is C31H42N2O5. The van der Waals surface area contributed by atoms with Crippen LogP contribution in [0.5, 0.6) is 11.5 Å². The molecule has 0 bridgehead atoms. The molecule has 1 aliphatic rings. The number of benzene rings is 2. The summed E-state index contributed by atoms with van der Waals surface area (Å²) in [6.07, 6.45) is 5.24. The van der Waals surface area contributed by atoms with Crippen LogP contribution in [0.2, 0.25) is 0 Å². The normalized spacial score (nSPS) is 16.9. The first-order valence-electron chi connectivity index (χ1n) is 13.7. The number of carbonyl (C=O) groups is 2. The third-order valence-electron chi connectivity index (χ3n) is 7.13. The van der Waals surface area contributed by atoms with E-state index < -0.39 is 17.7 Å². The molecule has 1 atom stereocenters. The molecule has 1 fully saturated rings. The summed E-state index contributed by atoms with van der Waals surface area (Å²) in [5.41, 5.74) is 2.20. The minimum atomic E-state index is -0.791. The van der Waals surface area contributed by atoms with Gasteiger partial charge in [0.25, 0.3) is 11.7 Å². The van der Waals surface area contributed by atoms with Crippen LogP contribution in [0.4, 0.5) is 0 Å². The van der Waals surface area contributed by atoms with Crippen molar-refractivity contribution in [2.45, 2.75) is 58.9 Å². The number of ether oxygens (including phenoxy) is 2. The molecule has 0 radical (unpaired) electrons. The minimum Gasteiger partial charge on any atom is -0.507 e. The van der Waals surface area contributed by atoms with E-state index in [1.165, 1.54) is 0 Å². The Labute approximate surface area is 227 Å². The van der Waals surface area contributed by atoms with Crippen LogP contribution >= 0.6 is 0 Å². The van der Waals surface area contributed by atoms with E-state index in [2.05, 4.69) is 18.7 Å². The zero-order valence-electron chi connectivity index (χ0n) is 23.5. The lowest BCUT2D eigenvalue weighted by atomic mass is 9.94. The summed E-state index contributed by atoms with van der Waals surface area (Å²) in [4.78, 5) is 30.9. The predicted molar refractivity (Wildman–Crippen MR) is 151 cm³/mol. The lowest BCUT2D eigenvalue weighted by Gasteiger charge is -2.28. The average Bonchev–Trinajstić information content (AvgIpc) is 3.18. The van der Waals surface area contributed by atoms with Gasteiger partial charge in [0.1, 0.15) is 17.3 Å². The van der Waals surface area contributed by atoms with Gasteiger partial charge in [0.2, 0.25) is 0 Å². The first-order chi connectivity index (χ1) is 18.4. The topological polar surface area (TPSA) is 79.3 Å². The third-order valence-corrected chi connectivity index (χ3v) is 7.13. The molecule has 2 aromatic carbocycles. The van der Waals surface area contributed by atoms with Gasteiger partial charge >= 0.3 is 0 Å². The lowest BCUT2D eigenvalue weighted by Crippen LogP contribution is -2.34. The highest BCUT2D eigenvalue weighted by Gasteiger charge is 2.47. The number of aliphatic hydroxyl groups is 1. The molecular weight excluding hydrogens is 480 g/mol. The van der Waals surface area contributed by atoms with E-state index in [-0.39, 0.29) is 11.3 Å². The van der Waals surface area contributed by atoms with Crippen molar-refractivity contribution in [1.82, 2.24) is 9.80 Å². The van der Waals surface area contributed by atoms with Crippen LogP contribution in [0.1, 0.15) is 68.7 Å². The molecule has 206 valence electrons. The SMILES string of the molecule is CCCCN(CCCC)CCCN1C(=O)C(=O)C(=C(O)c2ccc(C)cc2)C1c1cc(OC)ccc1OC. The Kier molecular flexibility index (Phi) is 10.8. The molecule has 7 nitrogen and oxygen atoms in total. The number of aryl methyl sites for hydroxylation is 1. The number of likely N-dealkylation sites (tertiary alicyclic amines) is 1. The molecule has 3 rings (SSSR count). The summed E-state index contributed by atoms with van der Waals surface area (Å²) in [6, 6.07) is 11.8. The van der Waals surface area contributed by atoms with Gasteiger partial charge in [-0.3, -0.25) is 9.59 Å². The fourth-order valence-electron chi connectivity index (χ4n) is 4.92. The predicted octanol–water partition coefficient (Wildman–Crippen LogP) is 5.73. The van der Waals surface area contributed by atoms with Crippen molar-refractivity contribution in [2.24, 2.45) is 0 Å². The maximum Gasteiger partial charge on any atom is 0.295 e. The van der Waals surface area contributed by atoms with E-state index >= 15 is 0 Å². The maximum atomic E-state index is 13.4. The lowest BCUT2D eigenvalue weighted by molar-refractivity contribution is -0.140. The number of hydrogen-bond donors (Lipinski definition) is 1. The number of ketones is 1. The molecule has 0 aromatic heterocycles. The summed E-state index contributed by atoms with van der Waals surface area (Å²) < 4.78 is 11.1. The van der Waals surface area contributed by atoms with E-state index in [1.54, 1.807) is 49.5 Å². The molecule has 1 amide bonds. The largest absolute Gasteiger partial charge is 0.507 e. The Balaban J connectivity index is 2.02. The number of carbonyl (C=O) groups excluding carboxylic acids is 2. The monoisotopic (exact) mass is 522 g/mol. The summed E-state index contributed by atoms with van der Waals surface area (Å²) in [7, 11) is 3.12. The van der Waals surface area contributed by atoms with E-state index in [1.807, 2.05) is 19.1 Å². The number of amides is 1. The quantitative estimate of drug-likeness (QED) is 0.194. The zero-order valence-corrected chi connectivity index (χ0v) is 23.5. The van der Waals surface area contributed by atoms with Gasteiger partial charge in [-0.2, -0.15) is 0 Å². The van der Waals surface area contributed by atoms with E-state index in [0.717, 1.165) is 50.9 Å². The Morgan fingerprint density at radius 3 is 2.13 bits per heavy atom. The molecule has 0 saturated carbocycles. The second-order valence-corrected chi connectivity index (χ2v) is 9.87. The maximum absolute atomic E-state index is 13.4. The number of Topliss-reactive ketones (excluding diaryl/α,β-unsaturated/α-hetero) is 1. The molecule has 1 saturated heterocycles. The second-order valence-electron chi connectivity index (χ2n) is 9.87. The van der Waals surface area contributed by atoms with Crippen molar-refractivity contribution < 1.29 is 24.2 Å². The Hall–Kier alpha value is -3.32. The number of aliphatic hydroxyl groups excluding tert-OH is 1. The molecule has 1 aliphatic heterocycles. The Bertz CT molecular complexity index is 1120.